The molecule has 1 aromatic heterocycles. The minimum atomic E-state index is 0. The lowest BCUT2D eigenvalue weighted by atomic mass is 10.4. The van der Waals surface area contributed by atoms with Gasteiger partial charge in [0.15, 0.2) is 0 Å². The van der Waals surface area contributed by atoms with Gasteiger partial charge in [0.05, 0.1) is 5.69 Å². The Balaban J connectivity index is 0.000001000. The first-order valence-corrected chi connectivity index (χ1v) is 3.45. The van der Waals surface area contributed by atoms with Gasteiger partial charge in [-0.15, -0.1) is 12.4 Å². The van der Waals surface area contributed by atoms with Gasteiger partial charge in [0.1, 0.15) is 5.15 Å². The molecule has 11 heavy (non-hydrogen) atoms. The standard InChI is InChI=1S/C6H10ClN3.ClH/c1-8-4-5-3-6(7)10(2)9-5;/h3,8H,4H2,1-2H3;1H. The summed E-state index contributed by atoms with van der Waals surface area (Å²) in [6, 6.07) is 1.85. The third-order valence-corrected chi connectivity index (χ3v) is 1.58. The lowest BCUT2D eigenvalue weighted by Crippen LogP contribution is -2.05. The van der Waals surface area contributed by atoms with Crippen molar-refractivity contribution in [3.05, 3.63) is 16.9 Å². The lowest BCUT2D eigenvalue weighted by molar-refractivity contribution is 0.712. The van der Waals surface area contributed by atoms with Gasteiger partial charge in [0.25, 0.3) is 0 Å². The van der Waals surface area contributed by atoms with Crippen LogP contribution >= 0.6 is 24.0 Å². The van der Waals surface area contributed by atoms with Crippen molar-refractivity contribution in [2.75, 3.05) is 7.05 Å². The molecule has 0 fully saturated rings. The molecule has 0 radical (unpaired) electrons. The topological polar surface area (TPSA) is 29.9 Å². The summed E-state index contributed by atoms with van der Waals surface area (Å²) in [5, 5.41) is 7.78. The number of aromatic nitrogens is 2. The Kier molecular flexibility index (Phi) is 4.49. The van der Waals surface area contributed by atoms with E-state index in [-0.39, 0.29) is 12.4 Å². The second kappa shape index (κ2) is 4.59. The van der Waals surface area contributed by atoms with Crippen molar-refractivity contribution in [2.24, 2.45) is 7.05 Å². The molecule has 0 saturated carbocycles. The Morgan fingerprint density at radius 3 is 2.73 bits per heavy atom. The van der Waals surface area contributed by atoms with Crippen LogP contribution < -0.4 is 5.32 Å². The number of rotatable bonds is 2. The molecule has 0 aliphatic heterocycles. The zero-order chi connectivity index (χ0) is 7.56. The highest BCUT2D eigenvalue weighted by atomic mass is 35.5. The minimum Gasteiger partial charge on any atom is -0.314 e. The Morgan fingerprint density at radius 2 is 2.36 bits per heavy atom. The molecule has 0 spiro atoms. The predicted octanol–water partition coefficient (Wildman–Crippen LogP) is 1.21. The third-order valence-electron chi connectivity index (χ3n) is 1.23. The van der Waals surface area contributed by atoms with Gasteiger partial charge < -0.3 is 5.32 Å². The number of nitrogens with one attached hydrogen (secondary N) is 1. The van der Waals surface area contributed by atoms with Crippen molar-refractivity contribution in [1.29, 1.82) is 0 Å². The third kappa shape index (κ3) is 2.69. The maximum atomic E-state index is 5.74. The smallest absolute Gasteiger partial charge is 0.127 e. The predicted molar refractivity (Wildman–Crippen MR) is 48.2 cm³/mol. The van der Waals surface area contributed by atoms with Crippen LogP contribution in [0.2, 0.25) is 5.15 Å². The van der Waals surface area contributed by atoms with E-state index in [9.17, 15) is 0 Å². The van der Waals surface area contributed by atoms with Crippen LogP contribution in [0, 0.1) is 0 Å². The maximum Gasteiger partial charge on any atom is 0.127 e. The minimum absolute atomic E-state index is 0. The molecule has 1 N–H and O–H groups in total. The van der Waals surface area contributed by atoms with Crippen LogP contribution in [0.3, 0.4) is 0 Å². The molecule has 1 heterocycles. The van der Waals surface area contributed by atoms with Crippen LogP contribution in [0.15, 0.2) is 6.07 Å². The Labute approximate surface area is 77.1 Å². The Morgan fingerprint density at radius 1 is 1.73 bits per heavy atom. The first kappa shape index (κ1) is 10.8. The Hall–Kier alpha value is -0.250. The van der Waals surface area contributed by atoms with Crippen LogP contribution in [0.4, 0.5) is 0 Å². The summed E-state index contributed by atoms with van der Waals surface area (Å²) in [6.45, 7) is 0.764. The summed E-state index contributed by atoms with van der Waals surface area (Å²) in [7, 11) is 3.70. The van der Waals surface area contributed by atoms with Gasteiger partial charge in [-0.3, -0.25) is 4.68 Å². The molecule has 0 saturated heterocycles. The zero-order valence-corrected chi connectivity index (χ0v) is 8.04. The summed E-state index contributed by atoms with van der Waals surface area (Å²) >= 11 is 5.74. The SMILES string of the molecule is CNCc1cc(Cl)n(C)n1.Cl. The second-order valence-corrected chi connectivity index (χ2v) is 2.50. The number of hydrogen-bond acceptors (Lipinski definition) is 2. The molecule has 5 heteroatoms. The van der Waals surface area contributed by atoms with Gasteiger partial charge in [-0.1, -0.05) is 11.6 Å². The Bertz CT molecular complexity index is 202. The fourth-order valence-corrected chi connectivity index (χ4v) is 0.931. The highest BCUT2D eigenvalue weighted by Crippen LogP contribution is 2.07. The van der Waals surface area contributed by atoms with Crippen molar-refractivity contribution in [1.82, 2.24) is 15.1 Å². The largest absolute Gasteiger partial charge is 0.314 e. The molecule has 0 aliphatic rings. The lowest BCUT2D eigenvalue weighted by Gasteiger charge is -1.90. The van der Waals surface area contributed by atoms with Crippen molar-refractivity contribution >= 4 is 24.0 Å². The van der Waals surface area contributed by atoms with Crippen LogP contribution in [0.25, 0.3) is 0 Å². The van der Waals surface area contributed by atoms with E-state index in [4.69, 9.17) is 11.6 Å². The zero-order valence-electron chi connectivity index (χ0n) is 6.47. The van der Waals surface area contributed by atoms with Gasteiger partial charge in [-0.2, -0.15) is 5.10 Å². The van der Waals surface area contributed by atoms with E-state index in [0.717, 1.165) is 12.2 Å². The average Bonchev–Trinajstić information content (AvgIpc) is 2.14. The molecule has 64 valence electrons. The van der Waals surface area contributed by atoms with Crippen LogP contribution in [-0.2, 0) is 13.6 Å². The van der Waals surface area contributed by atoms with Crippen molar-refractivity contribution in [2.45, 2.75) is 6.54 Å². The summed E-state index contributed by atoms with van der Waals surface area (Å²) in [6.07, 6.45) is 0. The average molecular weight is 196 g/mol. The molecule has 1 rings (SSSR count). The van der Waals surface area contributed by atoms with Crippen molar-refractivity contribution in [3.8, 4) is 0 Å². The van der Waals surface area contributed by atoms with Crippen LogP contribution in [0.1, 0.15) is 5.69 Å². The first-order chi connectivity index (χ1) is 4.74. The van der Waals surface area contributed by atoms with E-state index in [0.29, 0.717) is 5.15 Å². The fourth-order valence-electron chi connectivity index (χ4n) is 0.768. The molecule has 3 nitrogen and oxygen atoms in total. The molecule has 0 atom stereocenters. The molecule has 0 aromatic carbocycles. The number of aryl methyl sites for hydroxylation is 1. The summed E-state index contributed by atoms with van der Waals surface area (Å²) in [5.41, 5.74) is 0.968. The van der Waals surface area contributed by atoms with Crippen molar-refractivity contribution in [3.63, 3.8) is 0 Å². The number of nitrogens with zero attached hydrogens (tertiary/aromatic N) is 2. The molecule has 0 aliphatic carbocycles. The normalized spacial score (nSPS) is 9.36. The van der Waals surface area contributed by atoms with E-state index in [1.165, 1.54) is 0 Å². The van der Waals surface area contributed by atoms with E-state index < -0.39 is 0 Å². The van der Waals surface area contributed by atoms with Crippen LogP contribution in [0.5, 0.6) is 0 Å². The first-order valence-electron chi connectivity index (χ1n) is 3.07. The fraction of sp³-hybridized carbons (Fsp3) is 0.500. The van der Waals surface area contributed by atoms with Gasteiger partial charge in [-0.25, -0.2) is 0 Å². The van der Waals surface area contributed by atoms with Gasteiger partial charge in [-0.05, 0) is 13.1 Å². The molecule has 0 bridgehead atoms. The second-order valence-electron chi connectivity index (χ2n) is 2.11. The maximum absolute atomic E-state index is 5.74. The van der Waals surface area contributed by atoms with E-state index in [1.807, 2.05) is 20.2 Å². The monoisotopic (exact) mass is 195 g/mol. The number of halogens is 2. The highest BCUT2D eigenvalue weighted by Gasteiger charge is 1.99. The van der Waals surface area contributed by atoms with Gasteiger partial charge in [0, 0.05) is 13.6 Å². The summed E-state index contributed by atoms with van der Waals surface area (Å²) in [5.74, 6) is 0. The molecular formula is C6H11Cl2N3. The van der Waals surface area contributed by atoms with Gasteiger partial charge >= 0.3 is 0 Å². The quantitative estimate of drug-likeness (QED) is 0.770. The molecular weight excluding hydrogens is 185 g/mol. The molecule has 0 amide bonds. The summed E-state index contributed by atoms with van der Waals surface area (Å²) in [4.78, 5) is 0. The molecule has 0 unspecified atom stereocenters. The molecule has 1 aromatic rings. The van der Waals surface area contributed by atoms with Gasteiger partial charge in [0.2, 0.25) is 0 Å². The number of hydrogen-bond donors (Lipinski definition) is 1. The van der Waals surface area contributed by atoms with Crippen LogP contribution in [-0.4, -0.2) is 16.8 Å². The summed E-state index contributed by atoms with van der Waals surface area (Å²) < 4.78 is 1.65. The highest BCUT2D eigenvalue weighted by molar-refractivity contribution is 6.29. The van der Waals surface area contributed by atoms with E-state index in [2.05, 4.69) is 10.4 Å². The van der Waals surface area contributed by atoms with Crippen molar-refractivity contribution < 1.29 is 0 Å². The van der Waals surface area contributed by atoms with E-state index in [1.54, 1.807) is 4.68 Å². The van der Waals surface area contributed by atoms with E-state index >= 15 is 0 Å².